The van der Waals surface area contributed by atoms with Crippen LogP contribution in [0.15, 0.2) is 0 Å². The molecule has 0 aliphatic rings. The molecule has 5 heteroatoms. The number of carboxylic acid groups (broad SMARTS) is 1. The lowest BCUT2D eigenvalue weighted by atomic mass is 10.1. The third-order valence-corrected chi connectivity index (χ3v) is 4.17. The molecule has 0 saturated carbocycles. The van der Waals surface area contributed by atoms with E-state index in [4.69, 9.17) is 14.6 Å². The van der Waals surface area contributed by atoms with Gasteiger partial charge in [0.15, 0.2) is 0 Å². The summed E-state index contributed by atoms with van der Waals surface area (Å²) in [5, 5.41) is 8.57. The maximum absolute atomic E-state index is 10.4. The summed E-state index contributed by atoms with van der Waals surface area (Å²) < 4.78 is 11.5. The molecule has 0 aliphatic heterocycles. The average Bonchev–Trinajstić information content (AvgIpc) is 2.53. The Balaban J connectivity index is 3.52. The summed E-state index contributed by atoms with van der Waals surface area (Å²) in [6.45, 7) is 5.15. The number of rotatable bonds is 18. The monoisotopic (exact) mass is 345 g/mol. The zero-order valence-corrected chi connectivity index (χ0v) is 16.1. The molecule has 1 atom stereocenters. The van der Waals surface area contributed by atoms with E-state index in [9.17, 15) is 4.79 Å². The number of carboxylic acids is 1. The first-order chi connectivity index (χ1) is 11.6. The molecule has 0 heterocycles. The molecular formula is C19H39NO4. The Morgan fingerprint density at radius 2 is 1.38 bits per heavy atom. The molecule has 144 valence electrons. The molecule has 0 aliphatic carbocycles. The summed E-state index contributed by atoms with van der Waals surface area (Å²) in [6, 6.07) is 0.282. The van der Waals surface area contributed by atoms with Crippen molar-refractivity contribution in [3.05, 3.63) is 0 Å². The van der Waals surface area contributed by atoms with Crippen LogP contribution in [-0.2, 0) is 14.3 Å². The highest BCUT2D eigenvalue weighted by Gasteiger charge is 2.11. The number of hydrogen-bond donors (Lipinski definition) is 1. The third kappa shape index (κ3) is 16.2. The number of ether oxygens (including phenoxy) is 2. The van der Waals surface area contributed by atoms with Crippen molar-refractivity contribution < 1.29 is 19.4 Å². The van der Waals surface area contributed by atoms with Crippen molar-refractivity contribution in [3.8, 4) is 0 Å². The summed E-state index contributed by atoms with van der Waals surface area (Å²) in [5.41, 5.74) is 0. The van der Waals surface area contributed by atoms with Gasteiger partial charge in [-0.05, 0) is 33.4 Å². The first kappa shape index (κ1) is 23.4. The van der Waals surface area contributed by atoms with E-state index >= 15 is 0 Å². The summed E-state index contributed by atoms with van der Waals surface area (Å²) in [4.78, 5) is 12.6. The molecule has 1 unspecified atom stereocenters. The minimum Gasteiger partial charge on any atom is -0.481 e. The van der Waals surface area contributed by atoms with E-state index in [0.717, 1.165) is 32.3 Å². The summed E-state index contributed by atoms with van der Waals surface area (Å²) in [7, 11) is 4.10. The predicted molar refractivity (Wildman–Crippen MR) is 98.6 cm³/mol. The fourth-order valence-electron chi connectivity index (χ4n) is 2.43. The third-order valence-electron chi connectivity index (χ3n) is 4.17. The van der Waals surface area contributed by atoms with Crippen LogP contribution in [0.1, 0.15) is 71.1 Å². The van der Waals surface area contributed by atoms with Crippen LogP contribution < -0.4 is 0 Å². The quantitative estimate of drug-likeness (QED) is 0.381. The molecule has 0 aromatic carbocycles. The van der Waals surface area contributed by atoms with E-state index in [1.807, 2.05) is 0 Å². The van der Waals surface area contributed by atoms with Crippen LogP contribution in [0.4, 0.5) is 0 Å². The molecule has 0 saturated heterocycles. The van der Waals surface area contributed by atoms with Gasteiger partial charge in [0.25, 0.3) is 0 Å². The van der Waals surface area contributed by atoms with E-state index in [0.29, 0.717) is 19.8 Å². The molecular weight excluding hydrogens is 306 g/mol. The van der Waals surface area contributed by atoms with Gasteiger partial charge in [0, 0.05) is 19.6 Å². The summed E-state index contributed by atoms with van der Waals surface area (Å²) in [5.74, 6) is -0.717. The fraction of sp³-hybridized carbons (Fsp3) is 0.947. The van der Waals surface area contributed by atoms with Gasteiger partial charge < -0.3 is 19.5 Å². The Kier molecular flexibility index (Phi) is 16.7. The fourth-order valence-corrected chi connectivity index (χ4v) is 2.43. The Morgan fingerprint density at radius 1 is 0.875 bits per heavy atom. The number of carbonyl (C=O) groups is 1. The largest absolute Gasteiger partial charge is 0.481 e. The second-order valence-electron chi connectivity index (χ2n) is 6.74. The normalized spacial score (nSPS) is 12.7. The van der Waals surface area contributed by atoms with Crippen LogP contribution in [0.2, 0.25) is 0 Å². The van der Waals surface area contributed by atoms with E-state index in [-0.39, 0.29) is 12.5 Å². The number of unbranched alkanes of at least 4 members (excludes halogenated alkanes) is 7. The van der Waals surface area contributed by atoms with Crippen molar-refractivity contribution in [3.63, 3.8) is 0 Å². The Morgan fingerprint density at radius 3 is 1.88 bits per heavy atom. The maximum atomic E-state index is 10.4. The molecule has 0 rings (SSSR count). The molecule has 5 nitrogen and oxygen atoms in total. The highest BCUT2D eigenvalue weighted by Crippen LogP contribution is 2.06. The van der Waals surface area contributed by atoms with E-state index < -0.39 is 5.97 Å². The molecule has 0 amide bonds. The molecule has 24 heavy (non-hydrogen) atoms. The standard InChI is InChI=1S/C19H39NO4/c1-4-5-6-7-8-11-14-23-16-18(20(2)3)17-24-15-12-9-10-13-19(21)22/h18H,4-17H2,1-3H3,(H,21,22). The van der Waals surface area contributed by atoms with Crippen molar-refractivity contribution in [2.75, 3.05) is 40.5 Å². The number of hydrogen-bond acceptors (Lipinski definition) is 4. The number of nitrogens with zero attached hydrogens (tertiary/aromatic N) is 1. The van der Waals surface area contributed by atoms with Crippen molar-refractivity contribution >= 4 is 5.97 Å². The van der Waals surface area contributed by atoms with Gasteiger partial charge in [0.2, 0.25) is 0 Å². The molecule has 0 bridgehead atoms. The van der Waals surface area contributed by atoms with Crippen LogP contribution in [-0.4, -0.2) is 62.5 Å². The molecule has 0 aromatic rings. The summed E-state index contributed by atoms with van der Waals surface area (Å²) >= 11 is 0. The second-order valence-corrected chi connectivity index (χ2v) is 6.74. The highest BCUT2D eigenvalue weighted by atomic mass is 16.5. The van der Waals surface area contributed by atoms with Crippen molar-refractivity contribution in [2.45, 2.75) is 77.2 Å². The van der Waals surface area contributed by atoms with Gasteiger partial charge in [0.1, 0.15) is 0 Å². The van der Waals surface area contributed by atoms with E-state index in [1.165, 1.54) is 32.1 Å². The van der Waals surface area contributed by atoms with Gasteiger partial charge in [-0.3, -0.25) is 4.79 Å². The van der Waals surface area contributed by atoms with Crippen molar-refractivity contribution in [1.82, 2.24) is 4.90 Å². The zero-order chi connectivity index (χ0) is 18.0. The van der Waals surface area contributed by atoms with E-state index in [1.54, 1.807) is 0 Å². The maximum Gasteiger partial charge on any atom is 0.303 e. The predicted octanol–water partition coefficient (Wildman–Crippen LogP) is 3.96. The molecule has 0 fully saturated rings. The molecule has 0 radical (unpaired) electrons. The first-order valence-electron chi connectivity index (χ1n) is 9.61. The van der Waals surface area contributed by atoms with Crippen LogP contribution in [0.25, 0.3) is 0 Å². The zero-order valence-electron chi connectivity index (χ0n) is 16.1. The first-order valence-corrected chi connectivity index (χ1v) is 9.61. The van der Waals surface area contributed by atoms with Gasteiger partial charge >= 0.3 is 5.97 Å². The molecule has 1 N–H and O–H groups in total. The van der Waals surface area contributed by atoms with Gasteiger partial charge in [-0.2, -0.15) is 0 Å². The minimum absolute atomic E-state index is 0.257. The van der Waals surface area contributed by atoms with Gasteiger partial charge in [-0.25, -0.2) is 0 Å². The lowest BCUT2D eigenvalue weighted by Crippen LogP contribution is -2.37. The minimum atomic E-state index is -0.717. The SMILES string of the molecule is CCCCCCCCOCC(COCCCCCC(=O)O)N(C)C. The average molecular weight is 346 g/mol. The Hall–Kier alpha value is -0.650. The van der Waals surface area contributed by atoms with E-state index in [2.05, 4.69) is 25.9 Å². The second kappa shape index (κ2) is 17.2. The topological polar surface area (TPSA) is 59.0 Å². The highest BCUT2D eigenvalue weighted by molar-refractivity contribution is 5.66. The van der Waals surface area contributed by atoms with Crippen LogP contribution in [0.5, 0.6) is 0 Å². The number of likely N-dealkylation sites (N-methyl/N-ethyl adjacent to an activating group) is 1. The van der Waals surface area contributed by atoms with Gasteiger partial charge in [0.05, 0.1) is 19.3 Å². The Labute approximate surface area is 148 Å². The lowest BCUT2D eigenvalue weighted by molar-refractivity contribution is -0.137. The van der Waals surface area contributed by atoms with Gasteiger partial charge in [-0.15, -0.1) is 0 Å². The molecule has 0 aromatic heterocycles. The van der Waals surface area contributed by atoms with Crippen LogP contribution >= 0.6 is 0 Å². The smallest absolute Gasteiger partial charge is 0.303 e. The van der Waals surface area contributed by atoms with Crippen molar-refractivity contribution in [1.29, 1.82) is 0 Å². The summed E-state index contributed by atoms with van der Waals surface area (Å²) in [6.07, 6.45) is 10.5. The Bertz CT molecular complexity index is 285. The number of aliphatic carboxylic acids is 1. The van der Waals surface area contributed by atoms with Crippen LogP contribution in [0, 0.1) is 0 Å². The lowest BCUT2D eigenvalue weighted by Gasteiger charge is -2.24. The van der Waals surface area contributed by atoms with Gasteiger partial charge in [-0.1, -0.05) is 45.4 Å². The molecule has 0 spiro atoms. The van der Waals surface area contributed by atoms with Crippen molar-refractivity contribution in [2.24, 2.45) is 0 Å². The van der Waals surface area contributed by atoms with Crippen LogP contribution in [0.3, 0.4) is 0 Å².